The number of rotatable bonds is 4. The maximum absolute atomic E-state index is 11.2. The van der Waals surface area contributed by atoms with Crippen molar-refractivity contribution in [3.63, 3.8) is 0 Å². The van der Waals surface area contributed by atoms with Crippen molar-refractivity contribution < 1.29 is 9.53 Å². The van der Waals surface area contributed by atoms with Gasteiger partial charge in [0.15, 0.2) is 0 Å². The predicted octanol–water partition coefficient (Wildman–Crippen LogP) is 3.44. The normalized spacial score (nSPS) is 9.86. The number of carbonyl (C=O) groups excluding carboxylic acids is 1. The highest BCUT2D eigenvalue weighted by Gasteiger charge is 2.03. The van der Waals surface area contributed by atoms with E-state index in [2.05, 4.69) is 0 Å². The van der Waals surface area contributed by atoms with Crippen molar-refractivity contribution in [3.05, 3.63) is 29.3 Å². The zero-order valence-electron chi connectivity index (χ0n) is 8.13. The third-order valence-electron chi connectivity index (χ3n) is 1.76. The van der Waals surface area contributed by atoms with Crippen LogP contribution in [0.1, 0.15) is 26.2 Å². The first kappa shape index (κ1) is 11.1. The molecular weight excluding hydrogens is 200 g/mol. The summed E-state index contributed by atoms with van der Waals surface area (Å²) >= 11 is 5.74. The first-order valence-electron chi connectivity index (χ1n) is 4.68. The molecule has 0 aromatic heterocycles. The van der Waals surface area contributed by atoms with Crippen molar-refractivity contribution in [2.24, 2.45) is 0 Å². The Kier molecular flexibility index (Phi) is 4.47. The van der Waals surface area contributed by atoms with Crippen LogP contribution < -0.4 is 4.74 Å². The first-order chi connectivity index (χ1) is 6.72. The molecule has 0 N–H and O–H groups in total. The Hall–Kier alpha value is -1.02. The zero-order chi connectivity index (χ0) is 10.4. The van der Waals surface area contributed by atoms with E-state index in [1.807, 2.05) is 6.92 Å². The molecule has 0 aliphatic carbocycles. The minimum Gasteiger partial charge on any atom is -0.426 e. The van der Waals surface area contributed by atoms with Crippen LogP contribution >= 0.6 is 11.6 Å². The van der Waals surface area contributed by atoms with E-state index in [0.717, 1.165) is 12.8 Å². The van der Waals surface area contributed by atoms with Crippen LogP contribution in [-0.2, 0) is 4.79 Å². The van der Waals surface area contributed by atoms with Crippen LogP contribution in [0.2, 0.25) is 5.02 Å². The van der Waals surface area contributed by atoms with E-state index in [4.69, 9.17) is 16.3 Å². The summed E-state index contributed by atoms with van der Waals surface area (Å²) < 4.78 is 5.07. The Morgan fingerprint density at radius 1 is 1.50 bits per heavy atom. The van der Waals surface area contributed by atoms with Gasteiger partial charge in [0.2, 0.25) is 0 Å². The number of hydrogen-bond donors (Lipinski definition) is 0. The first-order valence-corrected chi connectivity index (χ1v) is 5.06. The van der Waals surface area contributed by atoms with Crippen LogP contribution in [0.5, 0.6) is 5.75 Å². The van der Waals surface area contributed by atoms with Gasteiger partial charge < -0.3 is 4.74 Å². The molecule has 1 aromatic carbocycles. The Morgan fingerprint density at radius 2 is 2.29 bits per heavy atom. The quantitative estimate of drug-likeness (QED) is 0.565. The van der Waals surface area contributed by atoms with E-state index in [1.54, 1.807) is 24.3 Å². The lowest BCUT2D eigenvalue weighted by molar-refractivity contribution is -0.134. The molecule has 2 nitrogen and oxygen atoms in total. The maximum atomic E-state index is 11.2. The largest absolute Gasteiger partial charge is 0.426 e. The lowest BCUT2D eigenvalue weighted by Gasteiger charge is -2.03. The second-order valence-electron chi connectivity index (χ2n) is 3.03. The second-order valence-corrected chi connectivity index (χ2v) is 3.47. The zero-order valence-corrected chi connectivity index (χ0v) is 8.88. The average molecular weight is 213 g/mol. The summed E-state index contributed by atoms with van der Waals surface area (Å²) in [5, 5.41) is 0.575. The molecule has 0 saturated carbocycles. The van der Waals surface area contributed by atoms with Gasteiger partial charge in [-0.05, 0) is 24.6 Å². The lowest BCUT2D eigenvalue weighted by Crippen LogP contribution is -2.07. The molecule has 0 unspecified atom stereocenters. The van der Waals surface area contributed by atoms with Crippen LogP contribution in [0.4, 0.5) is 0 Å². The monoisotopic (exact) mass is 212 g/mol. The van der Waals surface area contributed by atoms with Gasteiger partial charge in [0.1, 0.15) is 5.75 Å². The number of ether oxygens (including phenoxy) is 1. The number of unbranched alkanes of at least 4 members (excludes halogenated alkanes) is 1. The number of esters is 1. The summed E-state index contributed by atoms with van der Waals surface area (Å²) in [6.45, 7) is 2.03. The molecule has 1 rings (SSSR count). The van der Waals surface area contributed by atoms with Crippen LogP contribution in [0.15, 0.2) is 24.3 Å². The molecule has 0 fully saturated rings. The molecule has 0 aliphatic rings. The molecule has 0 radical (unpaired) electrons. The van der Waals surface area contributed by atoms with Crippen molar-refractivity contribution in [1.82, 2.24) is 0 Å². The highest BCUT2D eigenvalue weighted by Crippen LogP contribution is 2.17. The van der Waals surface area contributed by atoms with Gasteiger partial charge in [0.05, 0.1) is 0 Å². The molecule has 0 aliphatic heterocycles. The number of carbonyl (C=O) groups is 1. The third-order valence-corrected chi connectivity index (χ3v) is 2.00. The number of hydrogen-bond acceptors (Lipinski definition) is 2. The fourth-order valence-corrected chi connectivity index (χ4v) is 1.21. The Labute approximate surface area is 88.8 Å². The van der Waals surface area contributed by atoms with Crippen molar-refractivity contribution in [2.75, 3.05) is 0 Å². The fourth-order valence-electron chi connectivity index (χ4n) is 1.03. The molecule has 0 bridgehead atoms. The molecular formula is C11H13ClO2. The molecule has 3 heteroatoms. The summed E-state index contributed by atoms with van der Waals surface area (Å²) in [6, 6.07) is 6.84. The SMILES string of the molecule is CCCCC(=O)Oc1cccc(Cl)c1. The molecule has 0 spiro atoms. The Morgan fingerprint density at radius 3 is 2.93 bits per heavy atom. The summed E-state index contributed by atoms with van der Waals surface area (Å²) in [7, 11) is 0. The van der Waals surface area contributed by atoms with E-state index in [-0.39, 0.29) is 5.97 Å². The predicted molar refractivity (Wildman–Crippen MR) is 56.6 cm³/mol. The summed E-state index contributed by atoms with van der Waals surface area (Å²) in [4.78, 5) is 11.2. The second kappa shape index (κ2) is 5.66. The summed E-state index contributed by atoms with van der Waals surface area (Å²) in [6.07, 6.45) is 2.31. The minimum atomic E-state index is -0.200. The maximum Gasteiger partial charge on any atom is 0.311 e. The van der Waals surface area contributed by atoms with Crippen molar-refractivity contribution >= 4 is 17.6 Å². The fraction of sp³-hybridized carbons (Fsp3) is 0.364. The molecule has 0 amide bonds. The molecule has 14 heavy (non-hydrogen) atoms. The van der Waals surface area contributed by atoms with E-state index < -0.39 is 0 Å². The van der Waals surface area contributed by atoms with Gasteiger partial charge in [-0.2, -0.15) is 0 Å². The molecule has 0 atom stereocenters. The van der Waals surface area contributed by atoms with Crippen LogP contribution in [-0.4, -0.2) is 5.97 Å². The van der Waals surface area contributed by atoms with Crippen molar-refractivity contribution in [3.8, 4) is 5.75 Å². The average Bonchev–Trinajstić information content (AvgIpc) is 2.15. The van der Waals surface area contributed by atoms with Gasteiger partial charge in [-0.15, -0.1) is 0 Å². The van der Waals surface area contributed by atoms with Crippen LogP contribution in [0.3, 0.4) is 0 Å². The van der Waals surface area contributed by atoms with Gasteiger partial charge in [-0.25, -0.2) is 0 Å². The summed E-state index contributed by atoms with van der Waals surface area (Å²) in [5.41, 5.74) is 0. The van der Waals surface area contributed by atoms with Crippen molar-refractivity contribution in [2.45, 2.75) is 26.2 Å². The van der Waals surface area contributed by atoms with E-state index in [1.165, 1.54) is 0 Å². The molecule has 0 heterocycles. The Bertz CT molecular complexity index is 310. The molecule has 76 valence electrons. The lowest BCUT2D eigenvalue weighted by atomic mass is 10.2. The smallest absolute Gasteiger partial charge is 0.311 e. The van der Waals surface area contributed by atoms with Gasteiger partial charge in [0, 0.05) is 11.4 Å². The van der Waals surface area contributed by atoms with E-state index >= 15 is 0 Å². The van der Waals surface area contributed by atoms with Crippen LogP contribution in [0, 0.1) is 0 Å². The van der Waals surface area contributed by atoms with Crippen molar-refractivity contribution in [1.29, 1.82) is 0 Å². The minimum absolute atomic E-state index is 0.200. The van der Waals surface area contributed by atoms with Crippen LogP contribution in [0.25, 0.3) is 0 Å². The topological polar surface area (TPSA) is 26.3 Å². The standard InChI is InChI=1S/C11H13ClO2/c1-2-3-7-11(13)14-10-6-4-5-9(12)8-10/h4-6,8H,2-3,7H2,1H3. The number of halogens is 1. The third kappa shape index (κ3) is 3.79. The molecule has 0 saturated heterocycles. The summed E-state index contributed by atoms with van der Waals surface area (Å²) in [5.74, 6) is 0.313. The highest BCUT2D eigenvalue weighted by atomic mass is 35.5. The Balaban J connectivity index is 2.47. The van der Waals surface area contributed by atoms with Gasteiger partial charge >= 0.3 is 5.97 Å². The van der Waals surface area contributed by atoms with Gasteiger partial charge in [0.25, 0.3) is 0 Å². The number of benzene rings is 1. The van der Waals surface area contributed by atoms with E-state index in [0.29, 0.717) is 17.2 Å². The molecule has 1 aromatic rings. The van der Waals surface area contributed by atoms with Gasteiger partial charge in [-0.1, -0.05) is 31.0 Å². The van der Waals surface area contributed by atoms with E-state index in [9.17, 15) is 4.79 Å². The highest BCUT2D eigenvalue weighted by molar-refractivity contribution is 6.30. The van der Waals surface area contributed by atoms with Gasteiger partial charge in [-0.3, -0.25) is 4.79 Å².